The number of rotatable bonds is 5. The van der Waals surface area contributed by atoms with Gasteiger partial charge in [0, 0.05) is 38.8 Å². The Morgan fingerprint density at radius 3 is 2.46 bits per heavy atom. The first-order chi connectivity index (χ1) is 11.6. The summed E-state index contributed by atoms with van der Waals surface area (Å²) in [6, 6.07) is 6.82. The smallest absolute Gasteiger partial charge is 0.234 e. The second kappa shape index (κ2) is 7.90. The normalized spacial score (nSPS) is 18.3. The fraction of sp³-hybridized carbons (Fsp3) is 0.529. The third-order valence-electron chi connectivity index (χ3n) is 4.33. The minimum absolute atomic E-state index is 0.128. The van der Waals surface area contributed by atoms with Crippen LogP contribution in [0.25, 0.3) is 0 Å². The molecule has 7 heteroatoms. The molecule has 2 N–H and O–H groups in total. The quantitative estimate of drug-likeness (QED) is 0.779. The van der Waals surface area contributed by atoms with Crippen molar-refractivity contribution in [1.82, 2.24) is 20.4 Å². The van der Waals surface area contributed by atoms with Gasteiger partial charge >= 0.3 is 0 Å². The number of thiocarbonyl (C=S) groups is 1. The molecule has 0 radical (unpaired) electrons. The summed E-state index contributed by atoms with van der Waals surface area (Å²) in [5.74, 6) is -0.105. The Labute approximate surface area is 147 Å². The van der Waals surface area contributed by atoms with Gasteiger partial charge in [0.2, 0.25) is 5.91 Å². The van der Waals surface area contributed by atoms with Crippen molar-refractivity contribution in [2.24, 2.45) is 0 Å². The van der Waals surface area contributed by atoms with Gasteiger partial charge in [0.15, 0.2) is 5.11 Å². The van der Waals surface area contributed by atoms with Gasteiger partial charge in [-0.3, -0.25) is 9.69 Å². The van der Waals surface area contributed by atoms with E-state index in [9.17, 15) is 9.18 Å². The fourth-order valence-corrected chi connectivity index (χ4v) is 2.96. The first kappa shape index (κ1) is 17.1. The number of hydrogen-bond donors (Lipinski definition) is 2. The average molecular weight is 350 g/mol. The van der Waals surface area contributed by atoms with Crippen LogP contribution in [0.5, 0.6) is 0 Å². The van der Waals surface area contributed by atoms with E-state index in [4.69, 9.17) is 12.2 Å². The van der Waals surface area contributed by atoms with Crippen molar-refractivity contribution < 1.29 is 9.18 Å². The molecule has 1 aliphatic heterocycles. The second-order valence-corrected chi connectivity index (χ2v) is 6.78. The largest absolute Gasteiger partial charge is 0.358 e. The molecule has 130 valence electrons. The van der Waals surface area contributed by atoms with Gasteiger partial charge in [0.1, 0.15) is 5.82 Å². The molecule has 1 saturated heterocycles. The molecule has 3 rings (SSSR count). The van der Waals surface area contributed by atoms with Crippen LogP contribution in [0.15, 0.2) is 24.3 Å². The molecular weight excluding hydrogens is 327 g/mol. The molecule has 5 nitrogen and oxygen atoms in total. The fourth-order valence-electron chi connectivity index (χ4n) is 2.70. The number of carbonyl (C=O) groups is 1. The molecule has 1 amide bonds. The predicted molar refractivity (Wildman–Crippen MR) is 95.0 cm³/mol. The van der Waals surface area contributed by atoms with E-state index < -0.39 is 0 Å². The lowest BCUT2D eigenvalue weighted by Crippen LogP contribution is -2.53. The topological polar surface area (TPSA) is 47.6 Å². The summed E-state index contributed by atoms with van der Waals surface area (Å²) in [5.41, 5.74) is 0.995. The Hall–Kier alpha value is -1.73. The molecule has 0 aromatic heterocycles. The van der Waals surface area contributed by atoms with Gasteiger partial charge in [-0.25, -0.2) is 4.39 Å². The summed E-state index contributed by atoms with van der Waals surface area (Å²) in [6.07, 6.45) is 2.24. The van der Waals surface area contributed by atoms with Gasteiger partial charge in [-0.1, -0.05) is 12.1 Å². The zero-order chi connectivity index (χ0) is 16.9. The van der Waals surface area contributed by atoms with Gasteiger partial charge < -0.3 is 15.5 Å². The molecule has 1 aromatic carbocycles. The molecule has 1 heterocycles. The maximum absolute atomic E-state index is 12.9. The summed E-state index contributed by atoms with van der Waals surface area (Å²) in [5, 5.41) is 6.94. The third-order valence-corrected chi connectivity index (χ3v) is 4.73. The van der Waals surface area contributed by atoms with Crippen LogP contribution in [0.2, 0.25) is 0 Å². The van der Waals surface area contributed by atoms with Crippen LogP contribution in [0.1, 0.15) is 18.4 Å². The Morgan fingerprint density at radius 2 is 1.83 bits per heavy atom. The predicted octanol–water partition coefficient (Wildman–Crippen LogP) is 1.10. The van der Waals surface area contributed by atoms with Crippen molar-refractivity contribution in [3.63, 3.8) is 0 Å². The Kier molecular flexibility index (Phi) is 5.63. The zero-order valence-corrected chi connectivity index (χ0v) is 14.4. The van der Waals surface area contributed by atoms with Gasteiger partial charge in [-0.15, -0.1) is 0 Å². The van der Waals surface area contributed by atoms with E-state index in [0.29, 0.717) is 24.2 Å². The first-order valence-corrected chi connectivity index (χ1v) is 8.80. The lowest BCUT2D eigenvalue weighted by Gasteiger charge is -2.35. The highest BCUT2D eigenvalue weighted by Gasteiger charge is 2.25. The standard InChI is InChI=1S/C17H23FN4OS/c18-14-3-1-13(2-4-14)11-19-17(24)22-9-7-21(8-10-22)12-16(23)20-15-5-6-15/h1-4,15H,5-12H2,(H,19,24)(H,20,23). The molecule has 2 fully saturated rings. The highest BCUT2D eigenvalue weighted by atomic mass is 32.1. The molecule has 24 heavy (non-hydrogen) atoms. The van der Waals surface area contributed by atoms with Crippen molar-refractivity contribution in [2.75, 3.05) is 32.7 Å². The Balaban J connectivity index is 1.36. The van der Waals surface area contributed by atoms with Crippen LogP contribution in [0.4, 0.5) is 4.39 Å². The summed E-state index contributed by atoms with van der Waals surface area (Å²) in [6.45, 7) is 4.34. The number of nitrogens with zero attached hydrogens (tertiary/aromatic N) is 2. The number of benzene rings is 1. The van der Waals surface area contributed by atoms with Crippen LogP contribution < -0.4 is 10.6 Å². The van der Waals surface area contributed by atoms with Crippen molar-refractivity contribution in [3.8, 4) is 0 Å². The summed E-state index contributed by atoms with van der Waals surface area (Å²) >= 11 is 5.43. The maximum atomic E-state index is 12.9. The van der Waals surface area contributed by atoms with E-state index in [2.05, 4.69) is 20.4 Å². The summed E-state index contributed by atoms with van der Waals surface area (Å²) < 4.78 is 12.9. The van der Waals surface area contributed by atoms with E-state index in [0.717, 1.165) is 44.6 Å². The van der Waals surface area contributed by atoms with E-state index in [-0.39, 0.29) is 11.7 Å². The number of halogens is 1. The Bertz CT molecular complexity index is 583. The number of carbonyl (C=O) groups excluding carboxylic acids is 1. The Morgan fingerprint density at radius 1 is 1.17 bits per heavy atom. The molecule has 1 saturated carbocycles. The molecule has 2 aliphatic rings. The monoisotopic (exact) mass is 350 g/mol. The number of nitrogens with one attached hydrogen (secondary N) is 2. The van der Waals surface area contributed by atoms with Crippen LogP contribution in [0, 0.1) is 5.82 Å². The minimum atomic E-state index is -0.233. The summed E-state index contributed by atoms with van der Waals surface area (Å²) in [7, 11) is 0. The van der Waals surface area contributed by atoms with Crippen molar-refractivity contribution in [3.05, 3.63) is 35.6 Å². The third kappa shape index (κ3) is 5.14. The van der Waals surface area contributed by atoms with E-state index in [1.54, 1.807) is 12.1 Å². The van der Waals surface area contributed by atoms with Crippen molar-refractivity contribution >= 4 is 23.2 Å². The van der Waals surface area contributed by atoms with E-state index in [1.165, 1.54) is 12.1 Å². The number of piperazine rings is 1. The average Bonchev–Trinajstić information content (AvgIpc) is 3.38. The first-order valence-electron chi connectivity index (χ1n) is 8.39. The highest BCUT2D eigenvalue weighted by Crippen LogP contribution is 2.18. The molecule has 1 aliphatic carbocycles. The zero-order valence-electron chi connectivity index (χ0n) is 13.6. The number of hydrogen-bond acceptors (Lipinski definition) is 3. The van der Waals surface area contributed by atoms with Gasteiger partial charge in [-0.2, -0.15) is 0 Å². The highest BCUT2D eigenvalue weighted by molar-refractivity contribution is 7.80. The number of amides is 1. The second-order valence-electron chi connectivity index (χ2n) is 6.39. The van der Waals surface area contributed by atoms with Gasteiger partial charge in [0.05, 0.1) is 6.54 Å². The van der Waals surface area contributed by atoms with E-state index in [1.807, 2.05) is 0 Å². The van der Waals surface area contributed by atoms with Crippen LogP contribution in [0.3, 0.4) is 0 Å². The van der Waals surface area contributed by atoms with Gasteiger partial charge in [-0.05, 0) is 42.8 Å². The molecular formula is C17H23FN4OS. The molecule has 0 bridgehead atoms. The van der Waals surface area contributed by atoms with Crippen LogP contribution >= 0.6 is 12.2 Å². The van der Waals surface area contributed by atoms with Crippen LogP contribution in [-0.4, -0.2) is 59.6 Å². The molecule has 0 spiro atoms. The van der Waals surface area contributed by atoms with Crippen molar-refractivity contribution in [1.29, 1.82) is 0 Å². The SMILES string of the molecule is O=C(CN1CCN(C(=S)NCc2ccc(F)cc2)CC1)NC1CC1. The van der Waals surface area contributed by atoms with Gasteiger partial charge in [0.25, 0.3) is 0 Å². The van der Waals surface area contributed by atoms with Crippen LogP contribution in [-0.2, 0) is 11.3 Å². The maximum Gasteiger partial charge on any atom is 0.234 e. The molecule has 0 atom stereocenters. The lowest BCUT2D eigenvalue weighted by atomic mass is 10.2. The van der Waals surface area contributed by atoms with E-state index >= 15 is 0 Å². The lowest BCUT2D eigenvalue weighted by molar-refractivity contribution is -0.122. The molecule has 1 aromatic rings. The minimum Gasteiger partial charge on any atom is -0.358 e. The molecule has 0 unspecified atom stereocenters. The summed E-state index contributed by atoms with van der Waals surface area (Å²) in [4.78, 5) is 16.1. The van der Waals surface area contributed by atoms with Crippen molar-refractivity contribution in [2.45, 2.75) is 25.4 Å².